The number of nitrogens with one attached hydrogen (secondary N) is 1. The molecule has 2 aromatic heterocycles. The van der Waals surface area contributed by atoms with Gasteiger partial charge in [-0.25, -0.2) is 0 Å². The van der Waals surface area contributed by atoms with Gasteiger partial charge in [0.1, 0.15) is 23.0 Å². The number of aryl methyl sites for hydroxylation is 1. The molecule has 1 aromatic carbocycles. The lowest BCUT2D eigenvalue weighted by Gasteiger charge is -2.11. The molecule has 1 aliphatic rings. The summed E-state index contributed by atoms with van der Waals surface area (Å²) in [6, 6.07) is 10.3. The first-order chi connectivity index (χ1) is 10.3. The predicted octanol–water partition coefficient (Wildman–Crippen LogP) is 2.82. The van der Waals surface area contributed by atoms with Crippen molar-refractivity contribution in [2.24, 2.45) is 0 Å². The Labute approximate surface area is 123 Å². The highest BCUT2D eigenvalue weighted by molar-refractivity contribution is 5.77. The number of rotatable bonds is 4. The average molecular weight is 282 g/mol. The molecule has 0 saturated carbocycles. The molecule has 5 heteroatoms. The average Bonchev–Trinajstić information content (AvgIpc) is 3.19. The minimum atomic E-state index is 0.145. The molecule has 5 nitrogen and oxygen atoms in total. The van der Waals surface area contributed by atoms with Crippen LogP contribution >= 0.6 is 0 Å². The molecule has 3 heterocycles. The summed E-state index contributed by atoms with van der Waals surface area (Å²) in [5, 5.41) is 13.1. The third-order valence-electron chi connectivity index (χ3n) is 4.12. The Kier molecular flexibility index (Phi) is 3.00. The summed E-state index contributed by atoms with van der Waals surface area (Å²) in [7, 11) is 0. The minimum Gasteiger partial charge on any atom is -0.459 e. The second-order valence-electron chi connectivity index (χ2n) is 5.58. The van der Waals surface area contributed by atoms with E-state index in [4.69, 9.17) is 4.42 Å². The van der Waals surface area contributed by atoms with E-state index in [0.717, 1.165) is 41.3 Å². The third-order valence-corrected chi connectivity index (χ3v) is 4.12. The van der Waals surface area contributed by atoms with Crippen molar-refractivity contribution in [2.75, 3.05) is 0 Å². The zero-order chi connectivity index (χ0) is 14.2. The molecule has 108 valence electrons. The normalized spacial score (nSPS) is 15.5. The summed E-state index contributed by atoms with van der Waals surface area (Å²) in [6.45, 7) is 3.86. The molecule has 0 radical (unpaired) electrons. The smallest absolute Gasteiger partial charge is 0.147 e. The number of aromatic nitrogens is 3. The number of hydrogen-bond acceptors (Lipinski definition) is 4. The molecule has 0 aliphatic carbocycles. The number of para-hydroxylation sites is 1. The second-order valence-corrected chi connectivity index (χ2v) is 5.58. The molecule has 4 rings (SSSR count). The van der Waals surface area contributed by atoms with Gasteiger partial charge in [-0.3, -0.25) is 0 Å². The molecule has 0 spiro atoms. The molecular formula is C16H18N4O. The summed E-state index contributed by atoms with van der Waals surface area (Å²) >= 11 is 0. The first-order valence-corrected chi connectivity index (χ1v) is 7.44. The standard InChI is InChI=1S/C16H18N4O/c1-11(14-9-12-5-2-3-6-13(12)21-14)17-10-16-19-18-15-7-4-8-20(15)16/h2-3,5-6,9,11,17H,4,7-8,10H2,1H3. The van der Waals surface area contributed by atoms with Crippen molar-refractivity contribution in [2.45, 2.75) is 38.9 Å². The van der Waals surface area contributed by atoms with Crippen LogP contribution in [-0.4, -0.2) is 14.8 Å². The first kappa shape index (κ1) is 12.6. The van der Waals surface area contributed by atoms with Crippen LogP contribution in [0, 0.1) is 0 Å². The monoisotopic (exact) mass is 282 g/mol. The SMILES string of the molecule is CC(NCc1nnc2n1CCC2)c1cc2ccccc2o1. The summed E-state index contributed by atoms with van der Waals surface area (Å²) in [5.41, 5.74) is 0.935. The van der Waals surface area contributed by atoms with Crippen LogP contribution < -0.4 is 5.32 Å². The number of furan rings is 1. The van der Waals surface area contributed by atoms with Crippen LogP contribution in [0.3, 0.4) is 0 Å². The number of benzene rings is 1. The lowest BCUT2D eigenvalue weighted by atomic mass is 10.2. The van der Waals surface area contributed by atoms with Crippen LogP contribution in [-0.2, 0) is 19.5 Å². The van der Waals surface area contributed by atoms with E-state index in [1.165, 1.54) is 6.42 Å². The van der Waals surface area contributed by atoms with Crippen molar-refractivity contribution >= 4 is 11.0 Å². The molecule has 0 saturated heterocycles. The Hall–Kier alpha value is -2.14. The van der Waals surface area contributed by atoms with Gasteiger partial charge < -0.3 is 14.3 Å². The molecule has 0 fully saturated rings. The Bertz CT molecular complexity index is 741. The Balaban J connectivity index is 1.49. The van der Waals surface area contributed by atoms with Gasteiger partial charge in [-0.2, -0.15) is 0 Å². The van der Waals surface area contributed by atoms with Crippen LogP contribution in [0.15, 0.2) is 34.7 Å². The lowest BCUT2D eigenvalue weighted by Crippen LogP contribution is -2.20. The van der Waals surface area contributed by atoms with Crippen molar-refractivity contribution in [1.82, 2.24) is 20.1 Å². The van der Waals surface area contributed by atoms with E-state index in [9.17, 15) is 0 Å². The van der Waals surface area contributed by atoms with E-state index in [0.29, 0.717) is 6.54 Å². The Morgan fingerprint density at radius 2 is 2.24 bits per heavy atom. The van der Waals surface area contributed by atoms with Crippen molar-refractivity contribution in [1.29, 1.82) is 0 Å². The van der Waals surface area contributed by atoms with Gasteiger partial charge in [0.05, 0.1) is 12.6 Å². The largest absolute Gasteiger partial charge is 0.459 e. The summed E-state index contributed by atoms with van der Waals surface area (Å²) in [4.78, 5) is 0. The maximum atomic E-state index is 5.89. The summed E-state index contributed by atoms with van der Waals surface area (Å²) < 4.78 is 8.11. The van der Waals surface area contributed by atoms with E-state index in [1.807, 2.05) is 18.2 Å². The zero-order valence-electron chi connectivity index (χ0n) is 12.0. The quantitative estimate of drug-likeness (QED) is 0.799. The van der Waals surface area contributed by atoms with E-state index in [1.54, 1.807) is 0 Å². The van der Waals surface area contributed by atoms with Crippen molar-refractivity contribution in [3.63, 3.8) is 0 Å². The highest BCUT2D eigenvalue weighted by Gasteiger charge is 2.18. The molecule has 1 aliphatic heterocycles. The molecule has 3 aromatic rings. The summed E-state index contributed by atoms with van der Waals surface area (Å²) in [5.74, 6) is 3.09. The van der Waals surface area contributed by atoms with Crippen molar-refractivity contribution < 1.29 is 4.42 Å². The van der Waals surface area contributed by atoms with Gasteiger partial charge in [0.2, 0.25) is 0 Å². The van der Waals surface area contributed by atoms with Gasteiger partial charge in [0, 0.05) is 18.4 Å². The minimum absolute atomic E-state index is 0.145. The van der Waals surface area contributed by atoms with Crippen molar-refractivity contribution in [3.05, 3.63) is 47.7 Å². The van der Waals surface area contributed by atoms with E-state index in [2.05, 4.69) is 39.1 Å². The van der Waals surface area contributed by atoms with Gasteiger partial charge in [0.15, 0.2) is 0 Å². The van der Waals surface area contributed by atoms with Crippen LogP contribution in [0.2, 0.25) is 0 Å². The number of nitrogens with zero attached hydrogens (tertiary/aromatic N) is 3. The Morgan fingerprint density at radius 1 is 1.33 bits per heavy atom. The van der Waals surface area contributed by atoms with Gasteiger partial charge in [-0.1, -0.05) is 18.2 Å². The maximum Gasteiger partial charge on any atom is 0.147 e. The highest BCUT2D eigenvalue weighted by Crippen LogP contribution is 2.24. The van der Waals surface area contributed by atoms with E-state index < -0.39 is 0 Å². The van der Waals surface area contributed by atoms with Crippen LogP contribution in [0.5, 0.6) is 0 Å². The number of fused-ring (bicyclic) bond motifs is 2. The van der Waals surface area contributed by atoms with E-state index in [-0.39, 0.29) is 6.04 Å². The molecule has 1 N–H and O–H groups in total. The fraction of sp³-hybridized carbons (Fsp3) is 0.375. The van der Waals surface area contributed by atoms with Crippen LogP contribution in [0.4, 0.5) is 0 Å². The fourth-order valence-electron chi connectivity index (χ4n) is 2.90. The topological polar surface area (TPSA) is 55.9 Å². The van der Waals surface area contributed by atoms with Crippen molar-refractivity contribution in [3.8, 4) is 0 Å². The lowest BCUT2D eigenvalue weighted by molar-refractivity contribution is 0.442. The zero-order valence-corrected chi connectivity index (χ0v) is 12.0. The highest BCUT2D eigenvalue weighted by atomic mass is 16.3. The molecule has 21 heavy (non-hydrogen) atoms. The Morgan fingerprint density at radius 3 is 3.14 bits per heavy atom. The predicted molar refractivity (Wildman–Crippen MR) is 79.8 cm³/mol. The molecular weight excluding hydrogens is 264 g/mol. The van der Waals surface area contributed by atoms with Gasteiger partial charge in [-0.05, 0) is 25.5 Å². The first-order valence-electron chi connectivity index (χ1n) is 7.44. The van der Waals surface area contributed by atoms with Gasteiger partial charge in [-0.15, -0.1) is 10.2 Å². The molecule has 1 unspecified atom stereocenters. The van der Waals surface area contributed by atoms with Crippen LogP contribution in [0.25, 0.3) is 11.0 Å². The second kappa shape index (κ2) is 5.00. The fourth-order valence-corrected chi connectivity index (χ4v) is 2.90. The summed E-state index contributed by atoms with van der Waals surface area (Å²) in [6.07, 6.45) is 2.23. The van der Waals surface area contributed by atoms with Gasteiger partial charge in [0.25, 0.3) is 0 Å². The molecule has 0 bridgehead atoms. The molecule has 1 atom stereocenters. The van der Waals surface area contributed by atoms with Gasteiger partial charge >= 0.3 is 0 Å². The van der Waals surface area contributed by atoms with Crippen LogP contribution in [0.1, 0.15) is 36.8 Å². The number of hydrogen-bond donors (Lipinski definition) is 1. The third kappa shape index (κ3) is 2.23. The maximum absolute atomic E-state index is 5.89. The molecule has 0 amide bonds. The van der Waals surface area contributed by atoms with E-state index >= 15 is 0 Å².